The molecule has 6 nitrogen and oxygen atoms in total. The molecule has 2 N–H and O–H groups in total. The molecule has 0 heterocycles. The monoisotopic (exact) mass is 369 g/mol. The number of carbonyl (C=O) groups excluding carboxylic acids is 1. The lowest BCUT2D eigenvalue weighted by Crippen LogP contribution is -2.14. The summed E-state index contributed by atoms with van der Waals surface area (Å²) in [6.07, 6.45) is 0. The third kappa shape index (κ3) is 3.72. The molecule has 0 saturated carbocycles. The minimum absolute atomic E-state index is 0.00203. The Morgan fingerprint density at radius 2 is 1.79 bits per heavy atom. The van der Waals surface area contributed by atoms with E-state index in [1.165, 1.54) is 44.6 Å². The first-order chi connectivity index (χ1) is 11.4. The van der Waals surface area contributed by atoms with Crippen LogP contribution in [0.2, 0.25) is 10.0 Å². The summed E-state index contributed by atoms with van der Waals surface area (Å²) in [5, 5.41) is 12.1. The summed E-state index contributed by atoms with van der Waals surface area (Å²) in [6.45, 7) is 0. The minimum Gasteiger partial charge on any atom is -0.495 e. The summed E-state index contributed by atoms with van der Waals surface area (Å²) in [7, 11) is 2.78. The highest BCUT2D eigenvalue weighted by atomic mass is 35.5. The second-order valence-electron chi connectivity index (χ2n) is 4.64. The molecule has 0 aromatic heterocycles. The molecular weight excluding hydrogens is 357 g/mol. The van der Waals surface area contributed by atoms with E-state index >= 15 is 0 Å². The van der Waals surface area contributed by atoms with Crippen LogP contribution in [0.4, 0.5) is 5.69 Å². The van der Waals surface area contributed by atoms with E-state index in [-0.39, 0.29) is 32.6 Å². The zero-order chi connectivity index (χ0) is 17.9. The molecule has 0 aliphatic carbocycles. The predicted octanol–water partition coefficient (Wildman–Crippen LogP) is 3.96. The molecule has 2 rings (SSSR count). The van der Waals surface area contributed by atoms with Gasteiger partial charge in [-0.2, -0.15) is 0 Å². The first-order valence-electron chi connectivity index (χ1n) is 6.63. The van der Waals surface area contributed by atoms with Crippen LogP contribution >= 0.6 is 23.2 Å². The fourth-order valence-electron chi connectivity index (χ4n) is 2.06. The zero-order valence-electron chi connectivity index (χ0n) is 12.7. The van der Waals surface area contributed by atoms with Gasteiger partial charge in [-0.1, -0.05) is 23.2 Å². The van der Waals surface area contributed by atoms with Crippen LogP contribution in [0.15, 0.2) is 30.3 Å². The number of carboxylic acids is 1. The van der Waals surface area contributed by atoms with E-state index in [0.717, 1.165) is 0 Å². The van der Waals surface area contributed by atoms with E-state index in [4.69, 9.17) is 37.8 Å². The molecule has 24 heavy (non-hydrogen) atoms. The van der Waals surface area contributed by atoms with Crippen molar-refractivity contribution in [2.45, 2.75) is 0 Å². The summed E-state index contributed by atoms with van der Waals surface area (Å²) in [5.74, 6) is -1.24. The number of carboxylic acid groups (broad SMARTS) is 1. The number of benzene rings is 2. The van der Waals surface area contributed by atoms with Crippen LogP contribution in [0.25, 0.3) is 0 Å². The van der Waals surface area contributed by atoms with Crippen molar-refractivity contribution in [3.05, 3.63) is 51.5 Å². The molecule has 0 aliphatic heterocycles. The lowest BCUT2D eigenvalue weighted by molar-refractivity contribution is 0.0696. The fraction of sp³-hybridized carbons (Fsp3) is 0.125. The number of hydrogen-bond donors (Lipinski definition) is 2. The van der Waals surface area contributed by atoms with Gasteiger partial charge in [0.2, 0.25) is 0 Å². The molecule has 2 aromatic carbocycles. The maximum atomic E-state index is 12.5. The molecule has 126 valence electrons. The number of halogens is 2. The van der Waals surface area contributed by atoms with Crippen LogP contribution in [0, 0.1) is 0 Å². The highest BCUT2D eigenvalue weighted by Gasteiger charge is 2.19. The van der Waals surface area contributed by atoms with E-state index < -0.39 is 11.9 Å². The standard InChI is InChI=1S/C16H13Cl2NO5/c1-23-13-4-3-8(16(21)22)5-12(13)19-15(20)10-6-9(17)7-11(18)14(10)24-2/h3-7H,1-2H3,(H,19,20)(H,21,22). The molecule has 0 aliphatic rings. The normalized spacial score (nSPS) is 10.2. The number of anilines is 1. The van der Waals surface area contributed by atoms with E-state index in [2.05, 4.69) is 5.32 Å². The van der Waals surface area contributed by atoms with Crippen LogP contribution in [-0.2, 0) is 0 Å². The van der Waals surface area contributed by atoms with Gasteiger partial charge < -0.3 is 19.9 Å². The first-order valence-corrected chi connectivity index (χ1v) is 7.38. The van der Waals surface area contributed by atoms with Crippen molar-refractivity contribution in [2.75, 3.05) is 19.5 Å². The zero-order valence-corrected chi connectivity index (χ0v) is 14.2. The molecule has 0 fully saturated rings. The molecule has 0 saturated heterocycles. The Balaban J connectivity index is 2.43. The van der Waals surface area contributed by atoms with E-state index in [1.807, 2.05) is 0 Å². The average Bonchev–Trinajstić information content (AvgIpc) is 2.53. The molecule has 0 spiro atoms. The predicted molar refractivity (Wildman–Crippen MR) is 90.9 cm³/mol. The molecule has 2 aromatic rings. The van der Waals surface area contributed by atoms with Gasteiger partial charge in [-0.25, -0.2) is 4.79 Å². The number of nitrogens with one attached hydrogen (secondary N) is 1. The maximum Gasteiger partial charge on any atom is 0.335 e. The van der Waals surface area contributed by atoms with Crippen molar-refractivity contribution < 1.29 is 24.2 Å². The Hall–Kier alpha value is -2.44. The topological polar surface area (TPSA) is 84.9 Å². The van der Waals surface area contributed by atoms with Gasteiger partial charge in [0.05, 0.1) is 36.1 Å². The highest BCUT2D eigenvalue weighted by Crippen LogP contribution is 2.33. The van der Waals surface area contributed by atoms with E-state index in [1.54, 1.807) is 0 Å². The highest BCUT2D eigenvalue weighted by molar-refractivity contribution is 6.36. The average molecular weight is 370 g/mol. The summed E-state index contributed by atoms with van der Waals surface area (Å²) in [4.78, 5) is 23.6. The Labute approximate surface area is 147 Å². The second kappa shape index (κ2) is 7.42. The Bertz CT molecular complexity index is 807. The first kappa shape index (κ1) is 17.9. The molecule has 1 amide bonds. The second-order valence-corrected chi connectivity index (χ2v) is 5.49. The van der Waals surface area contributed by atoms with Crippen molar-refractivity contribution in [3.8, 4) is 11.5 Å². The van der Waals surface area contributed by atoms with Gasteiger partial charge in [-0.3, -0.25) is 4.79 Å². The number of carbonyl (C=O) groups is 2. The van der Waals surface area contributed by atoms with Crippen LogP contribution in [0.1, 0.15) is 20.7 Å². The summed E-state index contributed by atoms with van der Waals surface area (Å²) in [5.41, 5.74) is 0.306. The van der Waals surface area contributed by atoms with E-state index in [0.29, 0.717) is 5.75 Å². The summed E-state index contributed by atoms with van der Waals surface area (Å²) in [6, 6.07) is 6.95. The quantitative estimate of drug-likeness (QED) is 0.832. The molecule has 0 bridgehead atoms. The van der Waals surface area contributed by atoms with Crippen LogP contribution in [0.5, 0.6) is 11.5 Å². The fourth-order valence-corrected chi connectivity index (χ4v) is 2.64. The third-order valence-corrected chi connectivity index (χ3v) is 3.65. The van der Waals surface area contributed by atoms with Crippen LogP contribution in [0.3, 0.4) is 0 Å². The van der Waals surface area contributed by atoms with Crippen molar-refractivity contribution in [3.63, 3.8) is 0 Å². The number of aromatic carboxylic acids is 1. The summed E-state index contributed by atoms with van der Waals surface area (Å²) >= 11 is 11.9. The molecular formula is C16H13Cl2NO5. The van der Waals surface area contributed by atoms with Gasteiger partial charge in [0, 0.05) is 5.02 Å². The van der Waals surface area contributed by atoms with Gasteiger partial charge in [0.15, 0.2) is 0 Å². The minimum atomic E-state index is -1.13. The number of methoxy groups -OCH3 is 2. The van der Waals surface area contributed by atoms with Gasteiger partial charge in [0.25, 0.3) is 5.91 Å². The number of amides is 1. The molecule has 0 unspecified atom stereocenters. The Morgan fingerprint density at radius 3 is 2.38 bits per heavy atom. The molecule has 0 atom stereocenters. The van der Waals surface area contributed by atoms with E-state index in [9.17, 15) is 9.59 Å². The number of rotatable bonds is 5. The molecule has 0 radical (unpaired) electrons. The Morgan fingerprint density at radius 1 is 1.08 bits per heavy atom. The van der Waals surface area contributed by atoms with Gasteiger partial charge in [-0.05, 0) is 30.3 Å². The number of hydrogen-bond acceptors (Lipinski definition) is 4. The maximum absolute atomic E-state index is 12.5. The van der Waals surface area contributed by atoms with Crippen molar-refractivity contribution >= 4 is 40.8 Å². The Kier molecular flexibility index (Phi) is 5.54. The van der Waals surface area contributed by atoms with Crippen molar-refractivity contribution in [1.82, 2.24) is 0 Å². The summed E-state index contributed by atoms with van der Waals surface area (Å²) < 4.78 is 10.3. The van der Waals surface area contributed by atoms with Crippen molar-refractivity contribution in [1.29, 1.82) is 0 Å². The molecule has 8 heteroatoms. The SMILES string of the molecule is COc1ccc(C(=O)O)cc1NC(=O)c1cc(Cl)cc(Cl)c1OC. The van der Waals surface area contributed by atoms with Gasteiger partial charge >= 0.3 is 5.97 Å². The van der Waals surface area contributed by atoms with Crippen molar-refractivity contribution in [2.24, 2.45) is 0 Å². The van der Waals surface area contributed by atoms with Gasteiger partial charge in [-0.15, -0.1) is 0 Å². The van der Waals surface area contributed by atoms with Gasteiger partial charge in [0.1, 0.15) is 11.5 Å². The smallest absolute Gasteiger partial charge is 0.335 e. The largest absolute Gasteiger partial charge is 0.495 e. The number of ether oxygens (including phenoxy) is 2. The third-order valence-electron chi connectivity index (χ3n) is 3.15. The lowest BCUT2D eigenvalue weighted by Gasteiger charge is -2.14. The van der Waals surface area contributed by atoms with Crippen LogP contribution < -0.4 is 14.8 Å². The van der Waals surface area contributed by atoms with Crippen LogP contribution in [-0.4, -0.2) is 31.2 Å². The lowest BCUT2D eigenvalue weighted by atomic mass is 10.1.